The standard InChI is InChI=1S/C13H19N3O2S/c1-13(2,14)8-12-15-10-7-9(19(4,17)18)5-6-11(10)16(12)3/h5-7H,8,14H2,1-4H3. The van der Waals surface area contributed by atoms with Gasteiger partial charge in [0.25, 0.3) is 0 Å². The number of nitrogens with two attached hydrogens (primary N) is 1. The quantitative estimate of drug-likeness (QED) is 0.918. The third-order valence-corrected chi connectivity index (χ3v) is 4.10. The van der Waals surface area contributed by atoms with Crippen molar-refractivity contribution in [1.29, 1.82) is 0 Å². The molecule has 0 spiro atoms. The molecule has 0 aliphatic heterocycles. The van der Waals surface area contributed by atoms with Crippen LogP contribution in [0.4, 0.5) is 0 Å². The maximum atomic E-state index is 11.5. The molecule has 0 saturated carbocycles. The molecular formula is C13H19N3O2S. The molecule has 6 heteroatoms. The summed E-state index contributed by atoms with van der Waals surface area (Å²) in [6.45, 7) is 3.88. The van der Waals surface area contributed by atoms with Crippen LogP contribution in [0.2, 0.25) is 0 Å². The number of fused-ring (bicyclic) bond motifs is 1. The number of imidazole rings is 1. The first-order valence-corrected chi connectivity index (χ1v) is 7.91. The van der Waals surface area contributed by atoms with Crippen molar-refractivity contribution in [2.24, 2.45) is 12.8 Å². The highest BCUT2D eigenvalue weighted by atomic mass is 32.2. The summed E-state index contributed by atoms with van der Waals surface area (Å²) in [6, 6.07) is 5.00. The van der Waals surface area contributed by atoms with Gasteiger partial charge in [-0.15, -0.1) is 0 Å². The van der Waals surface area contributed by atoms with Crippen LogP contribution in [0.25, 0.3) is 11.0 Å². The molecule has 0 radical (unpaired) electrons. The fourth-order valence-electron chi connectivity index (χ4n) is 2.03. The average molecular weight is 281 g/mol. The van der Waals surface area contributed by atoms with E-state index in [1.165, 1.54) is 6.26 Å². The second-order valence-corrected chi connectivity index (χ2v) is 7.69. The lowest BCUT2D eigenvalue weighted by molar-refractivity contribution is 0.495. The molecule has 0 atom stereocenters. The molecule has 1 heterocycles. The molecule has 2 aromatic rings. The van der Waals surface area contributed by atoms with E-state index < -0.39 is 9.84 Å². The van der Waals surface area contributed by atoms with Crippen LogP contribution in [0, 0.1) is 0 Å². The summed E-state index contributed by atoms with van der Waals surface area (Å²) in [5.74, 6) is 0.855. The van der Waals surface area contributed by atoms with Crippen molar-refractivity contribution < 1.29 is 8.42 Å². The van der Waals surface area contributed by atoms with Crippen LogP contribution in [0.15, 0.2) is 23.1 Å². The van der Waals surface area contributed by atoms with Gasteiger partial charge in [-0.25, -0.2) is 13.4 Å². The molecule has 0 bridgehead atoms. The first-order chi connectivity index (χ1) is 8.58. The molecule has 0 aliphatic carbocycles. The summed E-state index contributed by atoms with van der Waals surface area (Å²) < 4.78 is 25.0. The molecule has 104 valence electrons. The zero-order valence-corrected chi connectivity index (χ0v) is 12.5. The normalized spacial score (nSPS) is 13.1. The number of hydrogen-bond donors (Lipinski definition) is 1. The molecule has 0 fully saturated rings. The van der Waals surface area contributed by atoms with E-state index in [2.05, 4.69) is 4.98 Å². The molecule has 0 saturated heterocycles. The Morgan fingerprint density at radius 3 is 2.53 bits per heavy atom. The van der Waals surface area contributed by atoms with Crippen LogP contribution in [0.5, 0.6) is 0 Å². The van der Waals surface area contributed by atoms with Gasteiger partial charge in [0.2, 0.25) is 0 Å². The van der Waals surface area contributed by atoms with E-state index >= 15 is 0 Å². The lowest BCUT2D eigenvalue weighted by atomic mass is 10.0. The van der Waals surface area contributed by atoms with E-state index in [9.17, 15) is 8.42 Å². The Morgan fingerprint density at radius 1 is 1.37 bits per heavy atom. The van der Waals surface area contributed by atoms with Crippen LogP contribution in [0.3, 0.4) is 0 Å². The van der Waals surface area contributed by atoms with Crippen molar-refractivity contribution in [3.8, 4) is 0 Å². The van der Waals surface area contributed by atoms with Gasteiger partial charge in [0.05, 0.1) is 15.9 Å². The van der Waals surface area contributed by atoms with Crippen molar-refractivity contribution >= 4 is 20.9 Å². The van der Waals surface area contributed by atoms with Crippen LogP contribution >= 0.6 is 0 Å². The summed E-state index contributed by atoms with van der Waals surface area (Å²) in [6.07, 6.45) is 1.83. The number of rotatable bonds is 3. The van der Waals surface area contributed by atoms with E-state index in [1.807, 2.05) is 25.5 Å². The van der Waals surface area contributed by atoms with Gasteiger partial charge >= 0.3 is 0 Å². The van der Waals surface area contributed by atoms with E-state index in [-0.39, 0.29) is 10.4 Å². The molecule has 19 heavy (non-hydrogen) atoms. The van der Waals surface area contributed by atoms with Crippen molar-refractivity contribution in [2.45, 2.75) is 30.7 Å². The molecule has 0 unspecified atom stereocenters. The van der Waals surface area contributed by atoms with E-state index in [4.69, 9.17) is 5.73 Å². The zero-order chi connectivity index (χ0) is 14.4. The molecule has 1 aromatic carbocycles. The maximum Gasteiger partial charge on any atom is 0.175 e. The highest BCUT2D eigenvalue weighted by molar-refractivity contribution is 7.90. The summed E-state index contributed by atoms with van der Waals surface area (Å²) in [7, 11) is -1.29. The van der Waals surface area contributed by atoms with Crippen LogP contribution in [-0.2, 0) is 23.3 Å². The van der Waals surface area contributed by atoms with Gasteiger partial charge in [0.15, 0.2) is 9.84 Å². The molecule has 2 N–H and O–H groups in total. The number of sulfone groups is 1. The fourth-order valence-corrected chi connectivity index (χ4v) is 2.67. The number of aryl methyl sites for hydroxylation is 1. The van der Waals surface area contributed by atoms with Crippen LogP contribution in [-0.4, -0.2) is 29.8 Å². The van der Waals surface area contributed by atoms with Crippen molar-refractivity contribution in [2.75, 3.05) is 6.26 Å². The minimum absolute atomic E-state index is 0.289. The number of benzene rings is 1. The van der Waals surface area contributed by atoms with Gasteiger partial charge in [-0.05, 0) is 32.0 Å². The van der Waals surface area contributed by atoms with Crippen LogP contribution in [0.1, 0.15) is 19.7 Å². The molecule has 5 nitrogen and oxygen atoms in total. The van der Waals surface area contributed by atoms with Gasteiger partial charge < -0.3 is 10.3 Å². The minimum atomic E-state index is -3.21. The highest BCUT2D eigenvalue weighted by Crippen LogP contribution is 2.21. The maximum absolute atomic E-state index is 11.5. The van der Waals surface area contributed by atoms with Gasteiger partial charge in [0.1, 0.15) is 5.82 Å². The van der Waals surface area contributed by atoms with Crippen molar-refractivity contribution in [3.63, 3.8) is 0 Å². The summed E-state index contributed by atoms with van der Waals surface area (Å²) in [4.78, 5) is 4.78. The fraction of sp³-hybridized carbons (Fsp3) is 0.462. The van der Waals surface area contributed by atoms with Gasteiger partial charge in [-0.3, -0.25) is 0 Å². The Labute approximate surface area is 113 Å². The zero-order valence-electron chi connectivity index (χ0n) is 11.6. The molecular weight excluding hydrogens is 262 g/mol. The Hall–Kier alpha value is -1.40. The number of nitrogens with zero attached hydrogens (tertiary/aromatic N) is 2. The molecule has 1 aromatic heterocycles. The van der Waals surface area contributed by atoms with E-state index in [0.29, 0.717) is 11.9 Å². The predicted molar refractivity (Wildman–Crippen MR) is 75.8 cm³/mol. The topological polar surface area (TPSA) is 78.0 Å². The van der Waals surface area contributed by atoms with Gasteiger partial charge in [-0.2, -0.15) is 0 Å². The number of hydrogen-bond acceptors (Lipinski definition) is 4. The molecule has 0 aliphatic rings. The summed E-state index contributed by atoms with van der Waals surface area (Å²) in [5, 5.41) is 0. The third kappa shape index (κ3) is 2.96. The Kier molecular flexibility index (Phi) is 3.18. The van der Waals surface area contributed by atoms with Gasteiger partial charge in [-0.1, -0.05) is 0 Å². The molecule has 2 rings (SSSR count). The largest absolute Gasteiger partial charge is 0.331 e. The Balaban J connectivity index is 2.58. The first kappa shape index (κ1) is 14.0. The lowest BCUT2D eigenvalue weighted by Gasteiger charge is -2.17. The van der Waals surface area contributed by atoms with Crippen LogP contribution < -0.4 is 5.73 Å². The highest BCUT2D eigenvalue weighted by Gasteiger charge is 2.18. The van der Waals surface area contributed by atoms with Crippen molar-refractivity contribution in [1.82, 2.24) is 9.55 Å². The predicted octanol–water partition coefficient (Wildman–Crippen LogP) is 1.26. The second kappa shape index (κ2) is 4.31. The number of aromatic nitrogens is 2. The van der Waals surface area contributed by atoms with E-state index in [1.54, 1.807) is 18.2 Å². The smallest absolute Gasteiger partial charge is 0.175 e. The molecule has 0 amide bonds. The lowest BCUT2D eigenvalue weighted by Crippen LogP contribution is -2.35. The van der Waals surface area contributed by atoms with Gasteiger partial charge in [0, 0.05) is 25.3 Å². The third-order valence-electron chi connectivity index (χ3n) is 2.99. The SMILES string of the molecule is Cn1c(CC(C)(C)N)nc2cc(S(C)(=O)=O)ccc21. The van der Waals surface area contributed by atoms with Crippen molar-refractivity contribution in [3.05, 3.63) is 24.0 Å². The Bertz CT molecular complexity index is 724. The summed E-state index contributed by atoms with van der Waals surface area (Å²) in [5.41, 5.74) is 7.25. The minimum Gasteiger partial charge on any atom is -0.331 e. The Morgan fingerprint density at radius 2 is 2.00 bits per heavy atom. The average Bonchev–Trinajstić information content (AvgIpc) is 2.52. The van der Waals surface area contributed by atoms with E-state index in [0.717, 1.165) is 11.3 Å². The second-order valence-electron chi connectivity index (χ2n) is 5.68. The monoisotopic (exact) mass is 281 g/mol. The first-order valence-electron chi connectivity index (χ1n) is 6.02. The summed E-state index contributed by atoms with van der Waals surface area (Å²) >= 11 is 0.